The van der Waals surface area contributed by atoms with Gasteiger partial charge in [-0.2, -0.15) is 0 Å². The number of thioether (sulfide) groups is 1. The molecule has 1 amide bonds. The Balaban J connectivity index is 1.84. The first-order valence-corrected chi connectivity index (χ1v) is 12.0. The van der Waals surface area contributed by atoms with Crippen molar-refractivity contribution >= 4 is 51.7 Å². The molecule has 170 valence electrons. The zero-order chi connectivity index (χ0) is 23.7. The predicted molar refractivity (Wildman–Crippen MR) is 139 cm³/mol. The Bertz CT molecular complexity index is 1320. The third-order valence-corrected chi connectivity index (χ3v) is 6.76. The summed E-state index contributed by atoms with van der Waals surface area (Å²) in [4.78, 5) is 35.5. The Kier molecular flexibility index (Phi) is 6.67. The number of pyridine rings is 1. The van der Waals surface area contributed by atoms with E-state index < -0.39 is 0 Å². The van der Waals surface area contributed by atoms with E-state index >= 15 is 0 Å². The van der Waals surface area contributed by atoms with Crippen LogP contribution in [0.1, 0.15) is 30.5 Å². The molecule has 0 atom stereocenters. The zero-order valence-electron chi connectivity index (χ0n) is 19.1. The van der Waals surface area contributed by atoms with Crippen LogP contribution < -0.4 is 10.5 Å². The Labute approximate surface area is 202 Å². The Hall–Kier alpha value is -2.97. The summed E-state index contributed by atoms with van der Waals surface area (Å²) in [5.41, 5.74) is 2.76. The second-order valence-electron chi connectivity index (χ2n) is 8.57. The summed E-state index contributed by atoms with van der Waals surface area (Å²) in [5.74, 6) is 0.659. The first-order valence-electron chi connectivity index (χ1n) is 10.8. The maximum atomic E-state index is 13.6. The van der Waals surface area contributed by atoms with Crippen LogP contribution >= 0.6 is 24.0 Å². The lowest BCUT2D eigenvalue weighted by Gasteiger charge is -2.21. The number of carbonyl (C=O) groups excluding carboxylic acids is 1. The van der Waals surface area contributed by atoms with Crippen molar-refractivity contribution in [2.45, 2.75) is 27.3 Å². The molecule has 6 nitrogen and oxygen atoms in total. The summed E-state index contributed by atoms with van der Waals surface area (Å²) in [7, 11) is 1.91. The molecule has 0 radical (unpaired) electrons. The number of hydrogen-bond acceptors (Lipinski definition) is 6. The van der Waals surface area contributed by atoms with Crippen LogP contribution in [0.3, 0.4) is 0 Å². The third-order valence-electron chi connectivity index (χ3n) is 5.39. The molecule has 33 heavy (non-hydrogen) atoms. The number of amides is 1. The standard InChI is InChI=1S/C25H26N4O2S2/c1-16(2)14-29-24(31)20(33-25(29)32)13-19-22(27(4)15-18-10-6-5-7-11-18)26-21-17(3)9-8-12-28(21)23(19)30/h5-13,16H,14-15H2,1-4H3/b20-13+. The largest absolute Gasteiger partial charge is 0.355 e. The molecule has 1 aliphatic heterocycles. The number of anilines is 1. The van der Waals surface area contributed by atoms with E-state index in [1.54, 1.807) is 17.2 Å². The molecule has 4 rings (SSSR count). The average molecular weight is 479 g/mol. The van der Waals surface area contributed by atoms with Gasteiger partial charge in [0.1, 0.15) is 15.8 Å². The first kappa shape index (κ1) is 23.2. The fraction of sp³-hybridized carbons (Fsp3) is 0.280. The molecule has 2 aromatic heterocycles. The molecule has 3 heterocycles. The van der Waals surface area contributed by atoms with E-state index in [1.165, 1.54) is 16.2 Å². The molecule has 1 fully saturated rings. The summed E-state index contributed by atoms with van der Waals surface area (Å²) in [6.45, 7) is 7.14. The molecule has 0 saturated carbocycles. The van der Waals surface area contributed by atoms with Gasteiger partial charge in [-0.05, 0) is 36.1 Å². The van der Waals surface area contributed by atoms with E-state index in [9.17, 15) is 9.59 Å². The topological polar surface area (TPSA) is 57.9 Å². The van der Waals surface area contributed by atoms with Crippen LogP contribution in [-0.4, -0.2) is 38.1 Å². The highest BCUT2D eigenvalue weighted by molar-refractivity contribution is 8.26. The molecular weight excluding hydrogens is 452 g/mol. The van der Waals surface area contributed by atoms with Gasteiger partial charge in [0.15, 0.2) is 0 Å². The smallest absolute Gasteiger partial charge is 0.267 e. The second kappa shape index (κ2) is 9.49. The number of thiocarbonyl (C=S) groups is 1. The predicted octanol–water partition coefficient (Wildman–Crippen LogP) is 4.50. The molecule has 0 N–H and O–H groups in total. The van der Waals surface area contributed by atoms with E-state index in [1.807, 2.05) is 75.2 Å². The number of aromatic nitrogens is 2. The van der Waals surface area contributed by atoms with Crippen molar-refractivity contribution < 1.29 is 4.79 Å². The molecule has 1 aromatic carbocycles. The Morgan fingerprint density at radius 2 is 1.88 bits per heavy atom. The number of benzene rings is 1. The van der Waals surface area contributed by atoms with Crippen molar-refractivity contribution in [2.75, 3.05) is 18.5 Å². The fourth-order valence-corrected chi connectivity index (χ4v) is 5.06. The van der Waals surface area contributed by atoms with Crippen LogP contribution in [0.15, 0.2) is 58.4 Å². The molecule has 0 aliphatic carbocycles. The third kappa shape index (κ3) is 4.72. The molecule has 3 aromatic rings. The minimum absolute atomic E-state index is 0.163. The second-order valence-corrected chi connectivity index (χ2v) is 10.2. The molecule has 1 aliphatic rings. The number of aryl methyl sites for hydroxylation is 1. The zero-order valence-corrected chi connectivity index (χ0v) is 20.7. The maximum Gasteiger partial charge on any atom is 0.267 e. The number of fused-ring (bicyclic) bond motifs is 1. The van der Waals surface area contributed by atoms with E-state index in [4.69, 9.17) is 17.2 Å². The fourth-order valence-electron chi connectivity index (χ4n) is 3.80. The van der Waals surface area contributed by atoms with Gasteiger partial charge >= 0.3 is 0 Å². The van der Waals surface area contributed by atoms with Crippen LogP contribution in [0.5, 0.6) is 0 Å². The normalized spacial score (nSPS) is 15.3. The van der Waals surface area contributed by atoms with E-state index in [2.05, 4.69) is 0 Å². The lowest BCUT2D eigenvalue weighted by molar-refractivity contribution is -0.122. The number of rotatable bonds is 6. The van der Waals surface area contributed by atoms with Gasteiger partial charge in [0.2, 0.25) is 0 Å². The van der Waals surface area contributed by atoms with Crippen molar-refractivity contribution in [3.8, 4) is 0 Å². The van der Waals surface area contributed by atoms with Crippen molar-refractivity contribution in [1.82, 2.24) is 14.3 Å². The molecule has 0 unspecified atom stereocenters. The Morgan fingerprint density at radius 1 is 1.15 bits per heavy atom. The van der Waals surface area contributed by atoms with Crippen LogP contribution in [0.2, 0.25) is 0 Å². The SMILES string of the molecule is Cc1cccn2c(=O)c(/C=C3/SC(=S)N(CC(C)C)C3=O)c(N(C)Cc3ccccc3)nc12. The minimum Gasteiger partial charge on any atom is -0.355 e. The van der Waals surface area contributed by atoms with Gasteiger partial charge in [-0.25, -0.2) is 4.98 Å². The van der Waals surface area contributed by atoms with Crippen LogP contribution in [0.4, 0.5) is 5.82 Å². The van der Waals surface area contributed by atoms with E-state index in [0.29, 0.717) is 39.3 Å². The summed E-state index contributed by atoms with van der Waals surface area (Å²) in [5, 5.41) is 0. The van der Waals surface area contributed by atoms with Crippen molar-refractivity contribution in [3.05, 3.63) is 80.6 Å². The van der Waals surface area contributed by atoms with Gasteiger partial charge in [0, 0.05) is 26.3 Å². The van der Waals surface area contributed by atoms with Gasteiger partial charge in [-0.3, -0.25) is 18.9 Å². The molecule has 0 spiro atoms. The number of hydrogen-bond donors (Lipinski definition) is 0. The van der Waals surface area contributed by atoms with Crippen LogP contribution in [-0.2, 0) is 11.3 Å². The summed E-state index contributed by atoms with van der Waals surface area (Å²) in [6.07, 6.45) is 3.36. The number of carbonyl (C=O) groups is 1. The van der Waals surface area contributed by atoms with E-state index in [0.717, 1.165) is 11.1 Å². The highest BCUT2D eigenvalue weighted by Crippen LogP contribution is 2.34. The lowest BCUT2D eigenvalue weighted by Crippen LogP contribution is -2.31. The van der Waals surface area contributed by atoms with Crippen molar-refractivity contribution in [3.63, 3.8) is 0 Å². The van der Waals surface area contributed by atoms with Gasteiger partial charge < -0.3 is 4.90 Å². The lowest BCUT2D eigenvalue weighted by atomic mass is 10.2. The van der Waals surface area contributed by atoms with Crippen LogP contribution in [0, 0.1) is 12.8 Å². The molecule has 0 bridgehead atoms. The van der Waals surface area contributed by atoms with Gasteiger partial charge in [-0.15, -0.1) is 0 Å². The summed E-state index contributed by atoms with van der Waals surface area (Å²) in [6, 6.07) is 13.8. The quantitative estimate of drug-likeness (QED) is 0.384. The van der Waals surface area contributed by atoms with Crippen molar-refractivity contribution in [2.24, 2.45) is 5.92 Å². The van der Waals surface area contributed by atoms with Crippen molar-refractivity contribution in [1.29, 1.82) is 0 Å². The highest BCUT2D eigenvalue weighted by atomic mass is 32.2. The molecule has 8 heteroatoms. The molecule has 1 saturated heterocycles. The van der Waals surface area contributed by atoms with Gasteiger partial charge in [0.25, 0.3) is 11.5 Å². The summed E-state index contributed by atoms with van der Waals surface area (Å²) < 4.78 is 2.06. The average Bonchev–Trinajstić information content (AvgIpc) is 3.03. The minimum atomic E-state index is -0.215. The van der Waals surface area contributed by atoms with E-state index in [-0.39, 0.29) is 17.4 Å². The number of nitrogens with zero attached hydrogens (tertiary/aromatic N) is 4. The monoisotopic (exact) mass is 478 g/mol. The maximum absolute atomic E-state index is 13.6. The molecular formula is C25H26N4O2S2. The highest BCUT2D eigenvalue weighted by Gasteiger charge is 2.33. The van der Waals surface area contributed by atoms with Gasteiger partial charge in [-0.1, -0.05) is 74.2 Å². The first-order chi connectivity index (χ1) is 15.8. The summed E-state index contributed by atoms with van der Waals surface area (Å²) >= 11 is 6.68. The van der Waals surface area contributed by atoms with Crippen LogP contribution in [0.25, 0.3) is 11.7 Å². The van der Waals surface area contributed by atoms with Gasteiger partial charge in [0.05, 0.1) is 10.5 Å². The Morgan fingerprint density at radius 3 is 2.58 bits per heavy atom.